The van der Waals surface area contributed by atoms with Gasteiger partial charge in [-0.2, -0.15) is 0 Å². The van der Waals surface area contributed by atoms with Crippen molar-refractivity contribution < 1.29 is 19.0 Å². The van der Waals surface area contributed by atoms with E-state index in [9.17, 15) is 4.79 Å². The lowest BCUT2D eigenvalue weighted by Gasteiger charge is -2.26. The summed E-state index contributed by atoms with van der Waals surface area (Å²) in [4.78, 5) is 17.8. The second kappa shape index (κ2) is 8.46. The molecular weight excluding hydrogens is 322 g/mol. The molecule has 7 nitrogen and oxygen atoms in total. The van der Waals surface area contributed by atoms with E-state index in [0.29, 0.717) is 32.3 Å². The first-order chi connectivity index (χ1) is 12.2. The SMILES string of the molecule is NC(=O)c1nccc(OCN2CCOCC2)c1OCc1ccccc1. The van der Waals surface area contributed by atoms with Crippen LogP contribution in [0.25, 0.3) is 0 Å². The highest BCUT2D eigenvalue weighted by molar-refractivity contribution is 5.94. The number of hydrogen-bond donors (Lipinski definition) is 1. The number of carbonyl (C=O) groups excluding carboxylic acids is 1. The summed E-state index contributed by atoms with van der Waals surface area (Å²) in [6, 6.07) is 11.3. The molecular formula is C18H21N3O4. The molecule has 1 aromatic heterocycles. The van der Waals surface area contributed by atoms with Gasteiger partial charge in [0, 0.05) is 25.4 Å². The zero-order valence-electron chi connectivity index (χ0n) is 13.9. The number of morpholine rings is 1. The van der Waals surface area contributed by atoms with Crippen LogP contribution in [0.2, 0.25) is 0 Å². The van der Waals surface area contributed by atoms with Gasteiger partial charge in [-0.1, -0.05) is 30.3 Å². The van der Waals surface area contributed by atoms with Crippen LogP contribution in [-0.2, 0) is 11.3 Å². The van der Waals surface area contributed by atoms with E-state index < -0.39 is 5.91 Å². The Labute approximate surface area is 146 Å². The van der Waals surface area contributed by atoms with Crippen LogP contribution in [0.3, 0.4) is 0 Å². The molecule has 1 saturated heterocycles. The molecule has 1 aromatic carbocycles. The van der Waals surface area contributed by atoms with E-state index in [0.717, 1.165) is 18.7 Å². The molecule has 3 rings (SSSR count). The van der Waals surface area contributed by atoms with Gasteiger partial charge in [0.15, 0.2) is 17.2 Å². The molecule has 1 amide bonds. The van der Waals surface area contributed by atoms with Gasteiger partial charge >= 0.3 is 0 Å². The van der Waals surface area contributed by atoms with Crippen LogP contribution in [0.4, 0.5) is 0 Å². The maximum atomic E-state index is 11.7. The van der Waals surface area contributed by atoms with E-state index in [-0.39, 0.29) is 11.4 Å². The third-order valence-corrected chi connectivity index (χ3v) is 3.83. The highest BCUT2D eigenvalue weighted by Crippen LogP contribution is 2.30. The Morgan fingerprint density at radius 1 is 1.16 bits per heavy atom. The first kappa shape index (κ1) is 17.2. The molecule has 132 valence electrons. The number of rotatable bonds is 7. The quantitative estimate of drug-likeness (QED) is 0.818. The van der Waals surface area contributed by atoms with E-state index in [1.807, 2.05) is 30.3 Å². The highest BCUT2D eigenvalue weighted by Gasteiger charge is 2.19. The van der Waals surface area contributed by atoms with E-state index >= 15 is 0 Å². The van der Waals surface area contributed by atoms with Crippen molar-refractivity contribution in [1.29, 1.82) is 0 Å². The second-order valence-electron chi connectivity index (χ2n) is 5.63. The number of primary amides is 1. The van der Waals surface area contributed by atoms with Crippen LogP contribution in [0.5, 0.6) is 11.5 Å². The maximum absolute atomic E-state index is 11.7. The summed E-state index contributed by atoms with van der Waals surface area (Å²) >= 11 is 0. The van der Waals surface area contributed by atoms with Gasteiger partial charge in [0.2, 0.25) is 0 Å². The van der Waals surface area contributed by atoms with Crippen LogP contribution in [0.1, 0.15) is 16.1 Å². The summed E-state index contributed by atoms with van der Waals surface area (Å²) in [6.45, 7) is 3.64. The van der Waals surface area contributed by atoms with Crippen molar-refractivity contribution in [2.45, 2.75) is 6.61 Å². The minimum Gasteiger partial charge on any atom is -0.483 e. The number of benzene rings is 1. The van der Waals surface area contributed by atoms with E-state index in [4.69, 9.17) is 19.9 Å². The molecule has 0 spiro atoms. The largest absolute Gasteiger partial charge is 0.483 e. The van der Waals surface area contributed by atoms with Crippen molar-refractivity contribution >= 4 is 5.91 Å². The zero-order chi connectivity index (χ0) is 17.5. The summed E-state index contributed by atoms with van der Waals surface area (Å²) < 4.78 is 17.0. The Balaban J connectivity index is 1.74. The Kier molecular flexibility index (Phi) is 5.81. The molecule has 2 N–H and O–H groups in total. The predicted octanol–water partition coefficient (Wildman–Crippen LogP) is 1.43. The lowest BCUT2D eigenvalue weighted by Crippen LogP contribution is -2.38. The topological polar surface area (TPSA) is 86.9 Å². The summed E-state index contributed by atoms with van der Waals surface area (Å²) in [7, 11) is 0. The van der Waals surface area contributed by atoms with Crippen molar-refractivity contribution in [3.63, 3.8) is 0 Å². The standard InChI is InChI=1S/C18H21N3O4/c19-18(22)16-17(24-12-14-4-2-1-3-5-14)15(6-7-20-16)25-13-21-8-10-23-11-9-21/h1-7H,8-13H2,(H2,19,22). The normalized spacial score (nSPS) is 14.9. The maximum Gasteiger partial charge on any atom is 0.271 e. The molecule has 0 radical (unpaired) electrons. The summed E-state index contributed by atoms with van der Waals surface area (Å²) in [5.41, 5.74) is 6.47. The second-order valence-corrected chi connectivity index (χ2v) is 5.63. The smallest absolute Gasteiger partial charge is 0.271 e. The average molecular weight is 343 g/mol. The first-order valence-electron chi connectivity index (χ1n) is 8.12. The van der Waals surface area contributed by atoms with Crippen LogP contribution >= 0.6 is 0 Å². The van der Waals surface area contributed by atoms with Crippen molar-refractivity contribution in [3.8, 4) is 11.5 Å². The van der Waals surface area contributed by atoms with Gasteiger partial charge in [-0.3, -0.25) is 9.69 Å². The molecule has 1 aliphatic rings. The number of pyridine rings is 1. The van der Waals surface area contributed by atoms with Gasteiger partial charge in [-0.25, -0.2) is 4.98 Å². The first-order valence-corrected chi connectivity index (χ1v) is 8.12. The van der Waals surface area contributed by atoms with Gasteiger partial charge in [0.1, 0.15) is 13.3 Å². The third-order valence-electron chi connectivity index (χ3n) is 3.83. The summed E-state index contributed by atoms with van der Waals surface area (Å²) in [6.07, 6.45) is 1.49. The number of aromatic nitrogens is 1. The molecule has 7 heteroatoms. The minimum atomic E-state index is -0.653. The number of carbonyl (C=O) groups is 1. The molecule has 0 saturated carbocycles. The molecule has 1 fully saturated rings. The van der Waals surface area contributed by atoms with Crippen LogP contribution in [0.15, 0.2) is 42.6 Å². The fourth-order valence-electron chi connectivity index (χ4n) is 2.48. The molecule has 0 aliphatic carbocycles. The molecule has 1 aliphatic heterocycles. The van der Waals surface area contributed by atoms with Crippen molar-refractivity contribution in [1.82, 2.24) is 9.88 Å². The Morgan fingerprint density at radius 3 is 2.64 bits per heavy atom. The van der Waals surface area contributed by atoms with E-state index in [2.05, 4.69) is 9.88 Å². The summed E-state index contributed by atoms with van der Waals surface area (Å²) in [5.74, 6) is 0.0678. The van der Waals surface area contributed by atoms with Crippen LogP contribution in [-0.4, -0.2) is 48.8 Å². The highest BCUT2D eigenvalue weighted by atomic mass is 16.5. The fourth-order valence-corrected chi connectivity index (χ4v) is 2.48. The molecule has 25 heavy (non-hydrogen) atoms. The van der Waals surface area contributed by atoms with E-state index in [1.165, 1.54) is 6.20 Å². The lowest BCUT2D eigenvalue weighted by molar-refractivity contribution is 0.00331. The molecule has 0 unspecified atom stereocenters. The number of nitrogens with zero attached hydrogens (tertiary/aromatic N) is 2. The number of amides is 1. The zero-order valence-corrected chi connectivity index (χ0v) is 13.9. The number of nitrogens with two attached hydrogens (primary N) is 1. The Hall–Kier alpha value is -2.64. The third kappa shape index (κ3) is 4.68. The number of hydrogen-bond acceptors (Lipinski definition) is 6. The monoisotopic (exact) mass is 343 g/mol. The molecule has 0 atom stereocenters. The molecule has 2 aromatic rings. The number of ether oxygens (including phenoxy) is 3. The van der Waals surface area contributed by atoms with Gasteiger partial charge in [0.05, 0.1) is 13.2 Å². The van der Waals surface area contributed by atoms with Crippen LogP contribution < -0.4 is 15.2 Å². The summed E-state index contributed by atoms with van der Waals surface area (Å²) in [5, 5.41) is 0. The molecule has 2 heterocycles. The van der Waals surface area contributed by atoms with Crippen molar-refractivity contribution in [2.24, 2.45) is 5.73 Å². The molecule has 0 bridgehead atoms. The average Bonchev–Trinajstić information content (AvgIpc) is 2.66. The van der Waals surface area contributed by atoms with E-state index in [1.54, 1.807) is 6.07 Å². The lowest BCUT2D eigenvalue weighted by atomic mass is 10.2. The Bertz CT molecular complexity index is 703. The minimum absolute atomic E-state index is 0.0652. The van der Waals surface area contributed by atoms with Crippen molar-refractivity contribution in [3.05, 3.63) is 53.9 Å². The van der Waals surface area contributed by atoms with Gasteiger partial charge in [-0.05, 0) is 5.56 Å². The predicted molar refractivity (Wildman–Crippen MR) is 91.4 cm³/mol. The van der Waals surface area contributed by atoms with Crippen LogP contribution in [0, 0.1) is 0 Å². The van der Waals surface area contributed by atoms with Gasteiger partial charge in [-0.15, -0.1) is 0 Å². The fraction of sp³-hybridized carbons (Fsp3) is 0.333. The Morgan fingerprint density at radius 2 is 1.92 bits per heavy atom. The van der Waals surface area contributed by atoms with Gasteiger partial charge in [0.25, 0.3) is 5.91 Å². The van der Waals surface area contributed by atoms with Gasteiger partial charge < -0.3 is 19.9 Å². The van der Waals surface area contributed by atoms with Crippen molar-refractivity contribution in [2.75, 3.05) is 33.0 Å².